The number of hydrogen-bond acceptors (Lipinski definition) is 5. The third kappa shape index (κ3) is 3.76. The number of carbonyl (C=O) groups excluding carboxylic acids is 1. The molecule has 1 N–H and O–H groups in total. The van der Waals surface area contributed by atoms with E-state index in [0.717, 1.165) is 24.2 Å². The zero-order valence-electron chi connectivity index (χ0n) is 13.4. The van der Waals surface area contributed by atoms with Crippen molar-refractivity contribution >= 4 is 5.91 Å². The van der Waals surface area contributed by atoms with Crippen molar-refractivity contribution in [1.29, 1.82) is 0 Å². The predicted octanol–water partition coefficient (Wildman–Crippen LogP) is 2.46. The molecule has 1 atom stereocenters. The average Bonchev–Trinajstić information content (AvgIpc) is 3.29. The van der Waals surface area contributed by atoms with E-state index < -0.39 is 6.10 Å². The first-order valence-electron chi connectivity index (χ1n) is 7.92. The van der Waals surface area contributed by atoms with Gasteiger partial charge in [0.2, 0.25) is 0 Å². The van der Waals surface area contributed by atoms with Gasteiger partial charge in [0.05, 0.1) is 6.10 Å². The van der Waals surface area contributed by atoms with Crippen LogP contribution in [0, 0.1) is 0 Å². The molecule has 1 aromatic heterocycles. The third-order valence-corrected chi connectivity index (χ3v) is 3.99. The van der Waals surface area contributed by atoms with Crippen LogP contribution in [0.25, 0.3) is 11.5 Å². The molecule has 1 fully saturated rings. The fourth-order valence-electron chi connectivity index (χ4n) is 2.32. The van der Waals surface area contributed by atoms with Gasteiger partial charge in [-0.25, -0.2) is 0 Å². The van der Waals surface area contributed by atoms with Gasteiger partial charge in [-0.05, 0) is 50.5 Å². The quantitative estimate of drug-likeness (QED) is 0.885. The maximum atomic E-state index is 12.3. The van der Waals surface area contributed by atoms with E-state index in [2.05, 4.69) is 10.1 Å². The molecule has 6 heteroatoms. The molecule has 1 unspecified atom stereocenters. The van der Waals surface area contributed by atoms with E-state index in [-0.39, 0.29) is 5.91 Å². The molecule has 1 aliphatic carbocycles. The molecule has 2 aromatic rings. The number of nitrogens with zero attached hydrogens (tertiary/aromatic N) is 3. The lowest BCUT2D eigenvalue weighted by atomic mass is 10.1. The Labute approximate surface area is 135 Å². The van der Waals surface area contributed by atoms with Gasteiger partial charge in [-0.1, -0.05) is 5.16 Å². The van der Waals surface area contributed by atoms with E-state index in [1.807, 2.05) is 12.1 Å². The van der Waals surface area contributed by atoms with Crippen LogP contribution in [0.4, 0.5) is 0 Å². The fraction of sp³-hybridized carbons (Fsp3) is 0.471. The number of aliphatic hydroxyl groups excluding tert-OH is 1. The molecule has 0 radical (unpaired) electrons. The van der Waals surface area contributed by atoms with Gasteiger partial charge in [0.15, 0.2) is 5.82 Å². The van der Waals surface area contributed by atoms with Crippen LogP contribution >= 0.6 is 0 Å². The summed E-state index contributed by atoms with van der Waals surface area (Å²) in [6.07, 6.45) is 2.41. The van der Waals surface area contributed by atoms with Crippen LogP contribution in [0.1, 0.15) is 48.3 Å². The highest BCUT2D eigenvalue weighted by molar-refractivity contribution is 5.94. The van der Waals surface area contributed by atoms with Crippen LogP contribution in [0.3, 0.4) is 0 Å². The Morgan fingerprint density at radius 3 is 2.70 bits per heavy atom. The van der Waals surface area contributed by atoms with Gasteiger partial charge in [-0.15, -0.1) is 0 Å². The zero-order chi connectivity index (χ0) is 16.4. The molecule has 1 aromatic carbocycles. The van der Waals surface area contributed by atoms with Crippen molar-refractivity contribution < 1.29 is 14.4 Å². The van der Waals surface area contributed by atoms with Gasteiger partial charge in [0, 0.05) is 30.6 Å². The zero-order valence-corrected chi connectivity index (χ0v) is 13.4. The lowest BCUT2D eigenvalue weighted by Gasteiger charge is -2.18. The van der Waals surface area contributed by atoms with Crippen LogP contribution in [0.15, 0.2) is 28.8 Å². The topological polar surface area (TPSA) is 79.5 Å². The van der Waals surface area contributed by atoms with Gasteiger partial charge in [0.1, 0.15) is 0 Å². The summed E-state index contributed by atoms with van der Waals surface area (Å²) in [7, 11) is 1.73. The molecule has 0 saturated heterocycles. The number of carbonyl (C=O) groups is 1. The number of aromatic nitrogens is 2. The maximum absolute atomic E-state index is 12.3. The fourth-order valence-corrected chi connectivity index (χ4v) is 2.32. The van der Waals surface area contributed by atoms with Crippen molar-refractivity contribution in [1.82, 2.24) is 15.0 Å². The van der Waals surface area contributed by atoms with Crippen molar-refractivity contribution in [2.24, 2.45) is 0 Å². The van der Waals surface area contributed by atoms with Crippen molar-refractivity contribution in [3.05, 3.63) is 35.7 Å². The molecular formula is C17H21N3O3. The summed E-state index contributed by atoms with van der Waals surface area (Å²) in [6.45, 7) is 2.24. The SMILES string of the molecule is CC(O)CCN(C)C(=O)c1ccc(-c2nc(C3CC3)no2)cc1. The first-order chi connectivity index (χ1) is 11.0. The van der Waals surface area contributed by atoms with Crippen LogP contribution in [-0.2, 0) is 0 Å². The maximum Gasteiger partial charge on any atom is 0.257 e. The minimum atomic E-state index is -0.411. The van der Waals surface area contributed by atoms with Gasteiger partial charge < -0.3 is 14.5 Å². The van der Waals surface area contributed by atoms with Crippen LogP contribution in [0.2, 0.25) is 0 Å². The number of benzene rings is 1. The molecule has 0 aliphatic heterocycles. The summed E-state index contributed by atoms with van der Waals surface area (Å²) in [5, 5.41) is 13.3. The smallest absolute Gasteiger partial charge is 0.257 e. The van der Waals surface area contributed by atoms with E-state index >= 15 is 0 Å². The molecule has 1 amide bonds. The van der Waals surface area contributed by atoms with Crippen molar-refractivity contribution in [3.8, 4) is 11.5 Å². The highest BCUT2D eigenvalue weighted by Crippen LogP contribution is 2.38. The molecule has 122 valence electrons. The average molecular weight is 315 g/mol. The lowest BCUT2D eigenvalue weighted by Crippen LogP contribution is -2.29. The highest BCUT2D eigenvalue weighted by atomic mass is 16.5. The largest absolute Gasteiger partial charge is 0.393 e. The van der Waals surface area contributed by atoms with E-state index in [1.54, 1.807) is 31.0 Å². The molecule has 6 nitrogen and oxygen atoms in total. The van der Waals surface area contributed by atoms with Crippen molar-refractivity contribution in [2.75, 3.05) is 13.6 Å². The van der Waals surface area contributed by atoms with Crippen LogP contribution in [-0.4, -0.2) is 45.8 Å². The summed E-state index contributed by atoms with van der Waals surface area (Å²) in [5.41, 5.74) is 1.41. The van der Waals surface area contributed by atoms with Crippen LogP contribution in [0.5, 0.6) is 0 Å². The number of amides is 1. The second-order valence-corrected chi connectivity index (χ2v) is 6.17. The van der Waals surface area contributed by atoms with Gasteiger partial charge in [-0.2, -0.15) is 4.98 Å². The Bertz CT molecular complexity index is 675. The second kappa shape index (κ2) is 6.50. The number of hydrogen-bond donors (Lipinski definition) is 1. The molecule has 23 heavy (non-hydrogen) atoms. The molecule has 0 spiro atoms. The molecular weight excluding hydrogens is 294 g/mol. The highest BCUT2D eigenvalue weighted by Gasteiger charge is 2.29. The molecule has 1 heterocycles. The van der Waals surface area contributed by atoms with Crippen LogP contribution < -0.4 is 0 Å². The lowest BCUT2D eigenvalue weighted by molar-refractivity contribution is 0.0769. The Balaban J connectivity index is 1.67. The first kappa shape index (κ1) is 15.7. The normalized spacial score (nSPS) is 15.4. The van der Waals surface area contributed by atoms with Crippen molar-refractivity contribution in [3.63, 3.8) is 0 Å². The third-order valence-electron chi connectivity index (χ3n) is 3.99. The van der Waals surface area contributed by atoms with E-state index in [1.165, 1.54) is 0 Å². The van der Waals surface area contributed by atoms with Gasteiger partial charge in [-0.3, -0.25) is 4.79 Å². The van der Waals surface area contributed by atoms with Gasteiger partial charge in [0.25, 0.3) is 11.8 Å². The first-order valence-corrected chi connectivity index (χ1v) is 7.92. The van der Waals surface area contributed by atoms with Crippen molar-refractivity contribution in [2.45, 2.75) is 38.2 Å². The Morgan fingerprint density at radius 2 is 2.09 bits per heavy atom. The minimum absolute atomic E-state index is 0.0681. The Hall–Kier alpha value is -2.21. The standard InChI is InChI=1S/C17H21N3O3/c1-11(21)9-10-20(2)17(22)14-7-5-13(6-8-14)16-18-15(19-23-16)12-3-4-12/h5-8,11-12,21H,3-4,9-10H2,1-2H3. The van der Waals surface area contributed by atoms with E-state index in [4.69, 9.17) is 4.52 Å². The molecule has 1 aliphatic rings. The molecule has 1 saturated carbocycles. The molecule has 3 rings (SSSR count). The summed E-state index contributed by atoms with van der Waals surface area (Å²) in [4.78, 5) is 18.3. The minimum Gasteiger partial charge on any atom is -0.393 e. The van der Waals surface area contributed by atoms with E-state index in [9.17, 15) is 9.90 Å². The number of rotatable bonds is 6. The second-order valence-electron chi connectivity index (χ2n) is 6.17. The summed E-state index contributed by atoms with van der Waals surface area (Å²) in [5.74, 6) is 1.66. The van der Waals surface area contributed by atoms with Gasteiger partial charge >= 0.3 is 0 Å². The summed E-state index contributed by atoms with van der Waals surface area (Å²) in [6, 6.07) is 7.16. The predicted molar refractivity (Wildman–Crippen MR) is 85.0 cm³/mol. The number of aliphatic hydroxyl groups is 1. The molecule has 0 bridgehead atoms. The Morgan fingerprint density at radius 1 is 1.39 bits per heavy atom. The monoisotopic (exact) mass is 315 g/mol. The Kier molecular flexibility index (Phi) is 4.43. The summed E-state index contributed by atoms with van der Waals surface area (Å²) < 4.78 is 5.28. The summed E-state index contributed by atoms with van der Waals surface area (Å²) >= 11 is 0. The van der Waals surface area contributed by atoms with E-state index in [0.29, 0.717) is 30.3 Å².